The van der Waals surface area contributed by atoms with Crippen LogP contribution in [0.3, 0.4) is 0 Å². The number of ether oxygens (including phenoxy) is 1. The van der Waals surface area contributed by atoms with Gasteiger partial charge in [0.05, 0.1) is 22.5 Å². The summed E-state index contributed by atoms with van der Waals surface area (Å²) in [5.41, 5.74) is 2.02. The fourth-order valence-electron chi connectivity index (χ4n) is 2.79. The van der Waals surface area contributed by atoms with E-state index in [9.17, 15) is 8.42 Å². The Morgan fingerprint density at radius 1 is 1.03 bits per heavy atom. The van der Waals surface area contributed by atoms with Crippen LogP contribution in [0.1, 0.15) is 5.56 Å². The largest absolute Gasteiger partial charge is 0.473 e. The summed E-state index contributed by atoms with van der Waals surface area (Å²) in [6, 6.07) is 15.7. The average molecular weight is 409 g/mol. The SMILES string of the molecule is Cc1cccc(S(=O)(=O)Nc2nc3ccccc3nc2OCCn2cccn2)c1. The predicted octanol–water partition coefficient (Wildman–Crippen LogP) is 3.01. The van der Waals surface area contributed by atoms with E-state index < -0.39 is 10.0 Å². The highest BCUT2D eigenvalue weighted by Gasteiger charge is 2.20. The molecule has 4 aromatic rings. The number of aryl methyl sites for hydroxylation is 1. The highest BCUT2D eigenvalue weighted by molar-refractivity contribution is 7.92. The van der Waals surface area contributed by atoms with Crippen molar-refractivity contribution in [3.05, 3.63) is 72.6 Å². The second-order valence-electron chi connectivity index (χ2n) is 6.41. The number of fused-ring (bicyclic) bond motifs is 1. The van der Waals surface area contributed by atoms with Gasteiger partial charge in [0.2, 0.25) is 5.82 Å². The molecule has 0 saturated carbocycles. The highest BCUT2D eigenvalue weighted by Crippen LogP contribution is 2.26. The number of nitrogens with one attached hydrogen (secondary N) is 1. The summed E-state index contributed by atoms with van der Waals surface area (Å²) >= 11 is 0. The van der Waals surface area contributed by atoms with E-state index in [0.29, 0.717) is 17.6 Å². The van der Waals surface area contributed by atoms with Crippen LogP contribution in [0.4, 0.5) is 5.82 Å². The Hall–Kier alpha value is -3.46. The van der Waals surface area contributed by atoms with Crippen LogP contribution in [0.15, 0.2) is 71.9 Å². The molecular formula is C20H19N5O3S. The maximum Gasteiger partial charge on any atom is 0.263 e. The van der Waals surface area contributed by atoms with Crippen molar-refractivity contribution in [2.24, 2.45) is 0 Å². The van der Waals surface area contributed by atoms with Gasteiger partial charge in [0, 0.05) is 12.4 Å². The third kappa shape index (κ3) is 4.35. The number of sulfonamides is 1. The molecule has 8 nitrogen and oxygen atoms in total. The first-order valence-corrected chi connectivity index (χ1v) is 10.5. The predicted molar refractivity (Wildman–Crippen MR) is 109 cm³/mol. The van der Waals surface area contributed by atoms with Crippen LogP contribution in [0, 0.1) is 6.92 Å². The maximum atomic E-state index is 12.9. The molecule has 2 aromatic heterocycles. The van der Waals surface area contributed by atoms with E-state index in [4.69, 9.17) is 4.74 Å². The minimum Gasteiger partial charge on any atom is -0.473 e. The summed E-state index contributed by atoms with van der Waals surface area (Å²) in [4.78, 5) is 9.02. The highest BCUT2D eigenvalue weighted by atomic mass is 32.2. The smallest absolute Gasteiger partial charge is 0.263 e. The van der Waals surface area contributed by atoms with Crippen molar-refractivity contribution < 1.29 is 13.2 Å². The zero-order chi connectivity index (χ0) is 20.3. The van der Waals surface area contributed by atoms with Gasteiger partial charge in [-0.1, -0.05) is 24.3 Å². The van der Waals surface area contributed by atoms with E-state index in [1.54, 1.807) is 35.1 Å². The fourth-order valence-corrected chi connectivity index (χ4v) is 3.89. The Morgan fingerprint density at radius 2 is 1.83 bits per heavy atom. The zero-order valence-corrected chi connectivity index (χ0v) is 16.5. The monoisotopic (exact) mass is 409 g/mol. The molecule has 0 saturated heterocycles. The van der Waals surface area contributed by atoms with Gasteiger partial charge >= 0.3 is 0 Å². The van der Waals surface area contributed by atoms with E-state index in [-0.39, 0.29) is 23.2 Å². The number of hydrogen-bond donors (Lipinski definition) is 1. The van der Waals surface area contributed by atoms with E-state index in [2.05, 4.69) is 19.8 Å². The normalized spacial score (nSPS) is 11.5. The van der Waals surface area contributed by atoms with Crippen molar-refractivity contribution >= 4 is 26.9 Å². The van der Waals surface area contributed by atoms with Crippen LogP contribution in [0.25, 0.3) is 11.0 Å². The van der Waals surface area contributed by atoms with Crippen LogP contribution in [-0.4, -0.2) is 34.8 Å². The number of rotatable bonds is 7. The van der Waals surface area contributed by atoms with Gasteiger partial charge in [-0.2, -0.15) is 5.10 Å². The van der Waals surface area contributed by atoms with Crippen molar-refractivity contribution in [2.45, 2.75) is 18.4 Å². The van der Waals surface area contributed by atoms with Crippen LogP contribution < -0.4 is 9.46 Å². The molecule has 4 rings (SSSR count). The topological polar surface area (TPSA) is 99.0 Å². The van der Waals surface area contributed by atoms with Gasteiger partial charge in [-0.15, -0.1) is 0 Å². The Balaban J connectivity index is 1.65. The summed E-state index contributed by atoms with van der Waals surface area (Å²) < 4.78 is 35.7. The molecular weight excluding hydrogens is 390 g/mol. The van der Waals surface area contributed by atoms with E-state index in [0.717, 1.165) is 5.56 Å². The molecule has 0 bridgehead atoms. The maximum absolute atomic E-state index is 12.9. The lowest BCUT2D eigenvalue weighted by Gasteiger charge is -2.13. The molecule has 148 valence electrons. The van der Waals surface area contributed by atoms with Crippen molar-refractivity contribution in [3.63, 3.8) is 0 Å². The van der Waals surface area contributed by atoms with Gasteiger partial charge in [-0.05, 0) is 42.8 Å². The van der Waals surface area contributed by atoms with Crippen LogP contribution in [0.5, 0.6) is 5.88 Å². The van der Waals surface area contributed by atoms with Crippen molar-refractivity contribution in [3.8, 4) is 5.88 Å². The summed E-state index contributed by atoms with van der Waals surface area (Å²) in [5.74, 6) is 0.165. The molecule has 2 aromatic carbocycles. The van der Waals surface area contributed by atoms with Crippen LogP contribution in [0.2, 0.25) is 0 Å². The van der Waals surface area contributed by atoms with E-state index in [1.165, 1.54) is 6.07 Å². The summed E-state index contributed by atoms with van der Waals surface area (Å²) in [6.45, 7) is 2.58. The third-order valence-corrected chi connectivity index (χ3v) is 5.52. The lowest BCUT2D eigenvalue weighted by Crippen LogP contribution is -2.17. The first-order valence-electron chi connectivity index (χ1n) is 8.98. The van der Waals surface area contributed by atoms with Crippen LogP contribution >= 0.6 is 0 Å². The number of nitrogens with zero attached hydrogens (tertiary/aromatic N) is 4. The third-order valence-electron chi connectivity index (χ3n) is 4.19. The molecule has 29 heavy (non-hydrogen) atoms. The molecule has 1 N–H and O–H groups in total. The van der Waals surface area contributed by atoms with Gasteiger partial charge in [-0.25, -0.2) is 18.4 Å². The second kappa shape index (κ2) is 7.88. The Kier molecular flexibility index (Phi) is 5.13. The Bertz CT molecular complexity index is 1240. The van der Waals surface area contributed by atoms with Crippen molar-refractivity contribution in [1.82, 2.24) is 19.7 Å². The second-order valence-corrected chi connectivity index (χ2v) is 8.09. The fraction of sp³-hybridized carbons (Fsp3) is 0.150. The molecule has 0 aliphatic rings. The molecule has 0 unspecified atom stereocenters. The average Bonchev–Trinajstić information content (AvgIpc) is 3.21. The quantitative estimate of drug-likeness (QED) is 0.504. The van der Waals surface area contributed by atoms with Crippen molar-refractivity contribution in [1.29, 1.82) is 0 Å². The van der Waals surface area contributed by atoms with Crippen LogP contribution in [-0.2, 0) is 16.6 Å². The Labute approximate surface area is 168 Å². The lowest BCUT2D eigenvalue weighted by molar-refractivity contribution is 0.282. The van der Waals surface area contributed by atoms with Gasteiger partial charge < -0.3 is 4.74 Å². The minimum atomic E-state index is -3.85. The molecule has 0 radical (unpaired) electrons. The molecule has 0 amide bonds. The lowest BCUT2D eigenvalue weighted by atomic mass is 10.2. The van der Waals surface area contributed by atoms with Gasteiger partial charge in [0.25, 0.3) is 15.9 Å². The Morgan fingerprint density at radius 3 is 2.55 bits per heavy atom. The van der Waals surface area contributed by atoms with Gasteiger partial charge in [0.15, 0.2) is 0 Å². The summed E-state index contributed by atoms with van der Waals surface area (Å²) in [5, 5.41) is 4.12. The minimum absolute atomic E-state index is 0.0469. The first-order chi connectivity index (χ1) is 14.0. The molecule has 0 aliphatic heterocycles. The molecule has 0 spiro atoms. The standard InChI is InChI=1S/C20H19N5O3S/c1-15-6-4-7-16(14-15)29(26,27)24-19-20(28-13-12-25-11-5-10-21-25)23-18-9-3-2-8-17(18)22-19/h2-11,14H,12-13H2,1H3,(H,22,24). The molecule has 0 atom stereocenters. The number of para-hydroxylation sites is 2. The molecule has 0 fully saturated rings. The summed E-state index contributed by atoms with van der Waals surface area (Å²) in [6.07, 6.45) is 3.49. The first kappa shape index (κ1) is 18.9. The number of anilines is 1. The van der Waals surface area contributed by atoms with Crippen molar-refractivity contribution in [2.75, 3.05) is 11.3 Å². The van der Waals surface area contributed by atoms with E-state index >= 15 is 0 Å². The molecule has 0 aliphatic carbocycles. The number of aromatic nitrogens is 4. The zero-order valence-electron chi connectivity index (χ0n) is 15.7. The van der Waals surface area contributed by atoms with Gasteiger partial charge in [-0.3, -0.25) is 9.40 Å². The summed E-state index contributed by atoms with van der Waals surface area (Å²) in [7, 11) is -3.85. The molecule has 2 heterocycles. The number of benzene rings is 2. The number of hydrogen-bond acceptors (Lipinski definition) is 6. The van der Waals surface area contributed by atoms with Gasteiger partial charge in [0.1, 0.15) is 6.61 Å². The van der Waals surface area contributed by atoms with E-state index in [1.807, 2.05) is 37.4 Å². The molecule has 9 heteroatoms.